The maximum absolute atomic E-state index is 4.39. The summed E-state index contributed by atoms with van der Waals surface area (Å²) in [4.78, 5) is 11.0. The Kier molecular flexibility index (Phi) is 5.69. The van der Waals surface area contributed by atoms with Gasteiger partial charge in [-0.25, -0.2) is 4.98 Å². The van der Waals surface area contributed by atoms with E-state index in [1.165, 1.54) is 0 Å². The van der Waals surface area contributed by atoms with Gasteiger partial charge in [0.2, 0.25) is 5.95 Å². The highest BCUT2D eigenvalue weighted by Gasteiger charge is 2.01. The maximum atomic E-state index is 4.39. The van der Waals surface area contributed by atoms with Crippen LogP contribution in [0.1, 0.15) is 19.5 Å². The van der Waals surface area contributed by atoms with Crippen molar-refractivity contribution in [3.8, 4) is 0 Å². The van der Waals surface area contributed by atoms with E-state index in [4.69, 9.17) is 0 Å². The first-order valence-electron chi connectivity index (χ1n) is 6.17. The minimum absolute atomic E-state index is 0.693. The van der Waals surface area contributed by atoms with Crippen LogP contribution in [-0.2, 0) is 0 Å². The SMILES string of the molecule is CCNc1nc(C)cc(NCCN(C)CC)n1. The van der Waals surface area contributed by atoms with Gasteiger partial charge in [0, 0.05) is 31.4 Å². The lowest BCUT2D eigenvalue weighted by Crippen LogP contribution is -2.25. The summed E-state index contributed by atoms with van der Waals surface area (Å²) in [6.45, 7) is 9.97. The van der Waals surface area contributed by atoms with Crippen molar-refractivity contribution >= 4 is 11.8 Å². The Labute approximate surface area is 104 Å². The van der Waals surface area contributed by atoms with Crippen LogP contribution in [0.3, 0.4) is 0 Å². The first kappa shape index (κ1) is 13.7. The van der Waals surface area contributed by atoms with Crippen molar-refractivity contribution in [3.05, 3.63) is 11.8 Å². The zero-order valence-corrected chi connectivity index (χ0v) is 11.2. The number of aromatic nitrogens is 2. The molecule has 1 heterocycles. The molecule has 0 unspecified atom stereocenters. The van der Waals surface area contributed by atoms with Gasteiger partial charge in [-0.3, -0.25) is 0 Å². The molecule has 0 saturated carbocycles. The second-order valence-corrected chi connectivity index (χ2v) is 4.07. The van der Waals surface area contributed by atoms with Crippen LogP contribution < -0.4 is 10.6 Å². The van der Waals surface area contributed by atoms with Gasteiger partial charge in [0.25, 0.3) is 0 Å². The van der Waals surface area contributed by atoms with Crippen LogP contribution in [0.5, 0.6) is 0 Å². The lowest BCUT2D eigenvalue weighted by molar-refractivity contribution is 0.367. The molecule has 1 aromatic rings. The summed E-state index contributed by atoms with van der Waals surface area (Å²) in [5.74, 6) is 1.58. The summed E-state index contributed by atoms with van der Waals surface area (Å²) >= 11 is 0. The summed E-state index contributed by atoms with van der Waals surface area (Å²) in [6.07, 6.45) is 0. The van der Waals surface area contributed by atoms with Crippen molar-refractivity contribution in [3.63, 3.8) is 0 Å². The van der Waals surface area contributed by atoms with E-state index in [1.54, 1.807) is 0 Å². The van der Waals surface area contributed by atoms with Gasteiger partial charge < -0.3 is 15.5 Å². The van der Waals surface area contributed by atoms with Gasteiger partial charge in [0.1, 0.15) is 5.82 Å². The fourth-order valence-electron chi connectivity index (χ4n) is 1.43. The number of aryl methyl sites for hydroxylation is 1. The molecule has 1 rings (SSSR count). The summed E-state index contributed by atoms with van der Waals surface area (Å²) in [7, 11) is 2.11. The van der Waals surface area contributed by atoms with Gasteiger partial charge in [-0.1, -0.05) is 6.92 Å². The molecule has 0 aliphatic heterocycles. The molecule has 0 saturated heterocycles. The van der Waals surface area contributed by atoms with E-state index in [0.717, 1.165) is 37.7 Å². The van der Waals surface area contributed by atoms with Gasteiger partial charge in [-0.2, -0.15) is 4.98 Å². The Bertz CT molecular complexity index is 340. The first-order chi connectivity index (χ1) is 8.15. The number of hydrogen-bond donors (Lipinski definition) is 2. The molecular weight excluding hydrogens is 214 g/mol. The van der Waals surface area contributed by atoms with Crippen LogP contribution in [0.2, 0.25) is 0 Å². The van der Waals surface area contributed by atoms with E-state index >= 15 is 0 Å². The second-order valence-electron chi connectivity index (χ2n) is 4.07. The smallest absolute Gasteiger partial charge is 0.224 e. The molecule has 96 valence electrons. The highest BCUT2D eigenvalue weighted by atomic mass is 15.2. The first-order valence-corrected chi connectivity index (χ1v) is 6.17. The lowest BCUT2D eigenvalue weighted by Gasteiger charge is -2.14. The van der Waals surface area contributed by atoms with E-state index in [9.17, 15) is 0 Å². The molecule has 0 fully saturated rings. The second kappa shape index (κ2) is 7.06. The van der Waals surface area contributed by atoms with E-state index < -0.39 is 0 Å². The molecule has 0 amide bonds. The van der Waals surface area contributed by atoms with Crippen LogP contribution in [0.4, 0.5) is 11.8 Å². The largest absolute Gasteiger partial charge is 0.369 e. The number of hydrogen-bond acceptors (Lipinski definition) is 5. The molecule has 2 N–H and O–H groups in total. The zero-order chi connectivity index (χ0) is 12.7. The number of rotatable bonds is 7. The third-order valence-corrected chi connectivity index (χ3v) is 2.53. The van der Waals surface area contributed by atoms with Crippen LogP contribution in [-0.4, -0.2) is 48.1 Å². The van der Waals surface area contributed by atoms with E-state index in [1.807, 2.05) is 19.9 Å². The highest BCUT2D eigenvalue weighted by molar-refractivity contribution is 5.42. The van der Waals surface area contributed by atoms with Crippen molar-refractivity contribution in [1.82, 2.24) is 14.9 Å². The predicted octanol–water partition coefficient (Wildman–Crippen LogP) is 1.58. The molecule has 0 radical (unpaired) electrons. The Balaban J connectivity index is 2.52. The Hall–Kier alpha value is -1.36. The number of likely N-dealkylation sites (N-methyl/N-ethyl adjacent to an activating group) is 1. The average Bonchev–Trinajstić information content (AvgIpc) is 2.28. The standard InChI is InChI=1S/C12H23N5/c1-5-13-12-15-10(3)9-11(16-12)14-7-8-17(4)6-2/h9H,5-8H2,1-4H3,(H2,13,14,15,16). The number of nitrogens with one attached hydrogen (secondary N) is 2. The Morgan fingerprint density at radius 1 is 1.24 bits per heavy atom. The minimum atomic E-state index is 0.693. The van der Waals surface area contributed by atoms with Crippen molar-refractivity contribution in [2.45, 2.75) is 20.8 Å². The lowest BCUT2D eigenvalue weighted by atomic mass is 10.4. The normalized spacial score (nSPS) is 10.6. The van der Waals surface area contributed by atoms with Crippen molar-refractivity contribution in [2.75, 3.05) is 43.9 Å². The summed E-state index contributed by atoms with van der Waals surface area (Å²) in [5.41, 5.74) is 0.974. The third-order valence-electron chi connectivity index (χ3n) is 2.53. The fraction of sp³-hybridized carbons (Fsp3) is 0.667. The van der Waals surface area contributed by atoms with Crippen LogP contribution >= 0.6 is 0 Å². The van der Waals surface area contributed by atoms with Crippen LogP contribution in [0, 0.1) is 6.92 Å². The molecule has 0 aromatic carbocycles. The topological polar surface area (TPSA) is 53.1 Å². The molecule has 0 spiro atoms. The van der Waals surface area contributed by atoms with Crippen LogP contribution in [0.15, 0.2) is 6.07 Å². The summed E-state index contributed by atoms with van der Waals surface area (Å²) in [6, 6.07) is 1.97. The minimum Gasteiger partial charge on any atom is -0.369 e. The molecule has 0 bridgehead atoms. The van der Waals surface area contributed by atoms with Crippen molar-refractivity contribution < 1.29 is 0 Å². The van der Waals surface area contributed by atoms with E-state index in [0.29, 0.717) is 5.95 Å². The molecule has 0 aliphatic carbocycles. The van der Waals surface area contributed by atoms with Gasteiger partial charge in [-0.05, 0) is 27.4 Å². The number of nitrogens with zero attached hydrogens (tertiary/aromatic N) is 3. The van der Waals surface area contributed by atoms with Gasteiger partial charge in [-0.15, -0.1) is 0 Å². The maximum Gasteiger partial charge on any atom is 0.224 e. The molecule has 17 heavy (non-hydrogen) atoms. The molecular formula is C12H23N5. The van der Waals surface area contributed by atoms with Crippen LogP contribution in [0.25, 0.3) is 0 Å². The molecule has 0 aliphatic rings. The van der Waals surface area contributed by atoms with E-state index in [2.05, 4.69) is 39.5 Å². The number of anilines is 2. The monoisotopic (exact) mass is 237 g/mol. The van der Waals surface area contributed by atoms with Gasteiger partial charge >= 0.3 is 0 Å². The fourth-order valence-corrected chi connectivity index (χ4v) is 1.43. The van der Waals surface area contributed by atoms with Crippen molar-refractivity contribution in [1.29, 1.82) is 0 Å². The molecule has 5 nitrogen and oxygen atoms in total. The highest BCUT2D eigenvalue weighted by Crippen LogP contribution is 2.08. The van der Waals surface area contributed by atoms with Gasteiger partial charge in [0.15, 0.2) is 0 Å². The van der Waals surface area contributed by atoms with E-state index in [-0.39, 0.29) is 0 Å². The predicted molar refractivity (Wildman–Crippen MR) is 72.6 cm³/mol. The van der Waals surface area contributed by atoms with Gasteiger partial charge in [0.05, 0.1) is 0 Å². The third kappa shape index (κ3) is 4.99. The average molecular weight is 237 g/mol. The summed E-state index contributed by atoms with van der Waals surface area (Å²) in [5, 5.41) is 6.44. The Morgan fingerprint density at radius 3 is 2.65 bits per heavy atom. The van der Waals surface area contributed by atoms with Crippen molar-refractivity contribution in [2.24, 2.45) is 0 Å². The Morgan fingerprint density at radius 2 is 2.00 bits per heavy atom. The zero-order valence-electron chi connectivity index (χ0n) is 11.2. The summed E-state index contributed by atoms with van der Waals surface area (Å²) < 4.78 is 0. The molecule has 1 aromatic heterocycles. The molecule has 5 heteroatoms. The quantitative estimate of drug-likeness (QED) is 0.754. The molecule has 0 atom stereocenters.